The van der Waals surface area contributed by atoms with Crippen molar-refractivity contribution in [2.45, 2.75) is 32.5 Å². The molecule has 0 saturated carbocycles. The van der Waals surface area contributed by atoms with Crippen LogP contribution < -0.4 is 5.32 Å². The van der Waals surface area contributed by atoms with Gasteiger partial charge in [-0.25, -0.2) is 0 Å². The molecular weight excluding hydrogens is 291 g/mol. The summed E-state index contributed by atoms with van der Waals surface area (Å²) in [7, 11) is 0. The number of carbonyl (C=O) groups excluding carboxylic acids is 2. The van der Waals surface area contributed by atoms with E-state index in [9.17, 15) is 22.8 Å². The van der Waals surface area contributed by atoms with Crippen molar-refractivity contribution in [3.05, 3.63) is 5.82 Å². The average molecular weight is 305 g/mol. The monoisotopic (exact) mass is 305 g/mol. The third kappa shape index (κ3) is 3.31. The number of amides is 2. The largest absolute Gasteiger partial charge is 0.451 e. The van der Waals surface area contributed by atoms with Gasteiger partial charge in [-0.05, 0) is 13.8 Å². The highest BCUT2D eigenvalue weighted by Crippen LogP contribution is 2.26. The van der Waals surface area contributed by atoms with Crippen LogP contribution in [-0.2, 0) is 15.8 Å². The number of nitrogens with zero attached hydrogens (tertiary/aromatic N) is 3. The predicted octanol–water partition coefficient (Wildman–Crippen LogP) is 1.02. The van der Waals surface area contributed by atoms with Crippen molar-refractivity contribution >= 4 is 17.8 Å². The van der Waals surface area contributed by atoms with Crippen LogP contribution in [-0.4, -0.2) is 44.5 Å². The molecule has 1 atom stereocenters. The van der Waals surface area contributed by atoms with Crippen LogP contribution in [0.1, 0.15) is 26.1 Å². The number of halogens is 3. The fourth-order valence-corrected chi connectivity index (χ4v) is 2.06. The molecule has 21 heavy (non-hydrogen) atoms. The predicted molar refractivity (Wildman–Crippen MR) is 65.0 cm³/mol. The second kappa shape index (κ2) is 5.34. The molecular formula is C11H14F3N5O2. The summed E-state index contributed by atoms with van der Waals surface area (Å²) in [6.45, 7) is 3.88. The molecule has 0 aromatic carbocycles. The summed E-state index contributed by atoms with van der Waals surface area (Å²) >= 11 is 0. The van der Waals surface area contributed by atoms with Crippen molar-refractivity contribution in [3.8, 4) is 0 Å². The Morgan fingerprint density at radius 3 is 2.62 bits per heavy atom. The van der Waals surface area contributed by atoms with Gasteiger partial charge in [0.2, 0.25) is 23.6 Å². The zero-order chi connectivity index (χ0) is 15.8. The van der Waals surface area contributed by atoms with E-state index in [1.54, 1.807) is 10.00 Å². The molecule has 2 rings (SSSR count). The molecule has 0 radical (unpaired) electrons. The fourth-order valence-electron chi connectivity index (χ4n) is 2.06. The van der Waals surface area contributed by atoms with E-state index in [-0.39, 0.29) is 24.9 Å². The molecule has 116 valence electrons. The van der Waals surface area contributed by atoms with E-state index in [0.29, 0.717) is 0 Å². The molecule has 7 nitrogen and oxygen atoms in total. The number of hydrogen-bond acceptors (Lipinski definition) is 4. The Kier molecular flexibility index (Phi) is 3.88. The van der Waals surface area contributed by atoms with Gasteiger partial charge < -0.3 is 4.90 Å². The SMILES string of the molecule is CC(C)N1CC(C(=O)Nc2n[nH]c(C(F)(F)F)n2)CC1=O. The summed E-state index contributed by atoms with van der Waals surface area (Å²) in [5, 5.41) is 7.16. The minimum atomic E-state index is -4.66. The maximum Gasteiger partial charge on any atom is 0.451 e. The van der Waals surface area contributed by atoms with Gasteiger partial charge in [-0.2, -0.15) is 18.2 Å². The first-order valence-corrected chi connectivity index (χ1v) is 6.28. The third-order valence-corrected chi connectivity index (χ3v) is 3.14. The minimum absolute atomic E-state index is 0.0283. The summed E-state index contributed by atoms with van der Waals surface area (Å²) in [6, 6.07) is -0.0318. The second-order valence-electron chi connectivity index (χ2n) is 5.04. The average Bonchev–Trinajstić information content (AvgIpc) is 2.94. The van der Waals surface area contributed by atoms with E-state index >= 15 is 0 Å². The summed E-state index contributed by atoms with van der Waals surface area (Å²) in [5.41, 5.74) is 0. The lowest BCUT2D eigenvalue weighted by Crippen LogP contribution is -2.33. The van der Waals surface area contributed by atoms with E-state index in [1.165, 1.54) is 0 Å². The van der Waals surface area contributed by atoms with Crippen LogP contribution in [0.5, 0.6) is 0 Å². The van der Waals surface area contributed by atoms with E-state index in [2.05, 4.69) is 15.4 Å². The third-order valence-electron chi connectivity index (χ3n) is 3.14. The molecule has 1 aliphatic rings. The molecule has 1 fully saturated rings. The first-order chi connectivity index (χ1) is 9.68. The first kappa shape index (κ1) is 15.3. The Balaban J connectivity index is 2.00. The van der Waals surface area contributed by atoms with E-state index in [1.807, 2.05) is 13.8 Å². The van der Waals surface area contributed by atoms with Crippen molar-refractivity contribution in [1.29, 1.82) is 0 Å². The Morgan fingerprint density at radius 2 is 2.14 bits per heavy atom. The smallest absolute Gasteiger partial charge is 0.339 e. The highest BCUT2D eigenvalue weighted by Gasteiger charge is 2.37. The lowest BCUT2D eigenvalue weighted by molar-refractivity contribution is -0.144. The van der Waals surface area contributed by atoms with Gasteiger partial charge in [0.1, 0.15) is 0 Å². The molecule has 0 bridgehead atoms. The second-order valence-corrected chi connectivity index (χ2v) is 5.04. The number of nitrogens with one attached hydrogen (secondary N) is 2. The van der Waals surface area contributed by atoms with Gasteiger partial charge in [-0.1, -0.05) is 0 Å². The maximum absolute atomic E-state index is 12.3. The van der Waals surface area contributed by atoms with Crippen LogP contribution in [0.2, 0.25) is 0 Å². The number of hydrogen-bond donors (Lipinski definition) is 2. The Hall–Kier alpha value is -2.13. The zero-order valence-corrected chi connectivity index (χ0v) is 11.4. The van der Waals surface area contributed by atoms with Gasteiger partial charge in [-0.3, -0.25) is 20.0 Å². The summed E-state index contributed by atoms with van der Waals surface area (Å²) in [5.74, 6) is -3.09. The molecule has 2 N–H and O–H groups in total. The quantitative estimate of drug-likeness (QED) is 0.872. The number of aromatic amines is 1. The number of rotatable bonds is 3. The summed E-state index contributed by atoms with van der Waals surface area (Å²) < 4.78 is 37.0. The normalized spacial score (nSPS) is 19.4. The van der Waals surface area contributed by atoms with Crippen molar-refractivity contribution in [2.75, 3.05) is 11.9 Å². The van der Waals surface area contributed by atoms with Crippen molar-refractivity contribution in [1.82, 2.24) is 20.1 Å². The van der Waals surface area contributed by atoms with Crippen LogP contribution in [0.4, 0.5) is 19.1 Å². The molecule has 0 aliphatic carbocycles. The molecule has 1 aromatic rings. The van der Waals surface area contributed by atoms with Gasteiger partial charge in [-0.15, -0.1) is 5.10 Å². The molecule has 0 spiro atoms. The highest BCUT2D eigenvalue weighted by atomic mass is 19.4. The van der Waals surface area contributed by atoms with Crippen LogP contribution >= 0.6 is 0 Å². The van der Waals surface area contributed by atoms with Gasteiger partial charge >= 0.3 is 6.18 Å². The van der Waals surface area contributed by atoms with Crippen molar-refractivity contribution in [2.24, 2.45) is 5.92 Å². The number of aromatic nitrogens is 3. The maximum atomic E-state index is 12.3. The molecule has 1 aromatic heterocycles. The zero-order valence-electron chi connectivity index (χ0n) is 11.4. The number of carbonyl (C=O) groups is 2. The Morgan fingerprint density at radius 1 is 1.48 bits per heavy atom. The van der Waals surface area contributed by atoms with Gasteiger partial charge in [0.05, 0.1) is 5.92 Å². The molecule has 1 unspecified atom stereocenters. The highest BCUT2D eigenvalue weighted by molar-refractivity contribution is 5.96. The molecule has 2 heterocycles. The van der Waals surface area contributed by atoms with Crippen molar-refractivity contribution in [3.63, 3.8) is 0 Å². The van der Waals surface area contributed by atoms with Gasteiger partial charge in [0.15, 0.2) is 0 Å². The molecule has 1 saturated heterocycles. The van der Waals surface area contributed by atoms with E-state index in [0.717, 1.165) is 0 Å². The molecule has 2 amide bonds. The van der Waals surface area contributed by atoms with Crippen LogP contribution in [0.25, 0.3) is 0 Å². The van der Waals surface area contributed by atoms with Gasteiger partial charge in [0.25, 0.3) is 0 Å². The fraction of sp³-hybridized carbons (Fsp3) is 0.636. The van der Waals surface area contributed by atoms with E-state index in [4.69, 9.17) is 0 Å². The molecule has 1 aliphatic heterocycles. The minimum Gasteiger partial charge on any atom is -0.339 e. The van der Waals surface area contributed by atoms with Crippen LogP contribution in [0.15, 0.2) is 0 Å². The number of alkyl halides is 3. The number of anilines is 1. The standard InChI is InChI=1S/C11H14F3N5O2/c1-5(2)19-4-6(3-7(19)20)8(21)15-10-16-9(17-18-10)11(12,13)14/h5-6H,3-4H2,1-2H3,(H2,15,16,17,18,21). The number of likely N-dealkylation sites (tertiary alicyclic amines) is 1. The van der Waals surface area contributed by atoms with Crippen LogP contribution in [0.3, 0.4) is 0 Å². The van der Waals surface area contributed by atoms with Crippen LogP contribution in [0, 0.1) is 5.92 Å². The lowest BCUT2D eigenvalue weighted by atomic mass is 10.1. The Bertz CT molecular complexity index is 554. The topological polar surface area (TPSA) is 91.0 Å². The van der Waals surface area contributed by atoms with E-state index < -0.39 is 29.8 Å². The molecule has 10 heteroatoms. The number of H-pyrrole nitrogens is 1. The van der Waals surface area contributed by atoms with Gasteiger partial charge in [0, 0.05) is 19.0 Å². The summed E-state index contributed by atoms with van der Waals surface area (Å²) in [6.07, 6.45) is -4.63. The summed E-state index contributed by atoms with van der Waals surface area (Å²) in [4.78, 5) is 28.3. The van der Waals surface area contributed by atoms with Crippen molar-refractivity contribution < 1.29 is 22.8 Å². The first-order valence-electron chi connectivity index (χ1n) is 6.28. The lowest BCUT2D eigenvalue weighted by Gasteiger charge is -2.20. The Labute approximate surface area is 117 Å².